The lowest BCUT2D eigenvalue weighted by Crippen LogP contribution is -2.06. The van der Waals surface area contributed by atoms with Gasteiger partial charge in [-0.2, -0.15) is 0 Å². The monoisotopic (exact) mass is 637 g/mol. The summed E-state index contributed by atoms with van der Waals surface area (Å²) in [6.07, 6.45) is 1.68. The van der Waals surface area contributed by atoms with E-state index in [9.17, 15) is 4.79 Å². The van der Waals surface area contributed by atoms with Gasteiger partial charge in [0.15, 0.2) is 17.2 Å². The van der Waals surface area contributed by atoms with Crippen LogP contribution in [0, 0.1) is 3.57 Å². The molecule has 3 aromatic carbocycles. The number of ether oxygens (including phenoxy) is 3. The molecule has 0 bridgehead atoms. The molecule has 0 N–H and O–H groups in total. The molecule has 0 fully saturated rings. The smallest absolute Gasteiger partial charge is 0.363 e. The maximum Gasteiger partial charge on any atom is 0.363 e. The first-order chi connectivity index (χ1) is 15.9. The highest BCUT2D eigenvalue weighted by molar-refractivity contribution is 14.1. The van der Waals surface area contributed by atoms with Crippen molar-refractivity contribution in [1.29, 1.82) is 0 Å². The zero-order valence-corrected chi connectivity index (χ0v) is 22.0. The lowest BCUT2D eigenvalue weighted by Gasteiger charge is -2.15. The van der Waals surface area contributed by atoms with E-state index in [-0.39, 0.29) is 11.6 Å². The Bertz CT molecular complexity index is 1280. The number of esters is 1. The van der Waals surface area contributed by atoms with Crippen molar-refractivity contribution in [2.45, 2.75) is 13.5 Å². The van der Waals surface area contributed by atoms with Gasteiger partial charge in [-0.15, -0.1) is 0 Å². The van der Waals surface area contributed by atoms with Crippen LogP contribution in [0.1, 0.15) is 23.6 Å². The number of aliphatic imine (C=N–C) groups is 1. The third-order valence-electron chi connectivity index (χ3n) is 4.63. The zero-order valence-electron chi connectivity index (χ0n) is 17.5. The number of nitrogens with zero attached hydrogens (tertiary/aromatic N) is 1. The van der Waals surface area contributed by atoms with Crippen molar-refractivity contribution < 1.29 is 19.0 Å². The number of carbonyl (C=O) groups is 1. The summed E-state index contributed by atoms with van der Waals surface area (Å²) in [7, 11) is 0. The van der Waals surface area contributed by atoms with Crippen LogP contribution in [0.4, 0.5) is 0 Å². The predicted octanol–water partition coefficient (Wildman–Crippen LogP) is 7.03. The van der Waals surface area contributed by atoms with Crippen LogP contribution in [-0.2, 0) is 16.1 Å². The van der Waals surface area contributed by atoms with Crippen molar-refractivity contribution in [3.05, 3.63) is 96.1 Å². The largest absolute Gasteiger partial charge is 0.490 e. The molecule has 168 valence electrons. The molecule has 0 unspecified atom stereocenters. The van der Waals surface area contributed by atoms with Gasteiger partial charge < -0.3 is 14.2 Å². The van der Waals surface area contributed by atoms with Crippen molar-refractivity contribution in [2.24, 2.45) is 4.99 Å². The molecule has 8 heteroatoms. The Labute approximate surface area is 218 Å². The van der Waals surface area contributed by atoms with Crippen LogP contribution >= 0.6 is 50.1 Å². The molecule has 0 atom stereocenters. The third-order valence-corrected chi connectivity index (χ3v) is 6.36. The van der Waals surface area contributed by atoms with E-state index in [0.29, 0.717) is 35.3 Å². The number of benzene rings is 3. The van der Waals surface area contributed by atoms with E-state index in [0.717, 1.165) is 19.2 Å². The quantitative estimate of drug-likeness (QED) is 0.159. The summed E-state index contributed by atoms with van der Waals surface area (Å²) in [4.78, 5) is 16.8. The van der Waals surface area contributed by atoms with E-state index in [1.807, 2.05) is 67.6 Å². The average molecular weight is 639 g/mol. The van der Waals surface area contributed by atoms with Gasteiger partial charge in [-0.05, 0) is 99.0 Å². The second-order valence-electron chi connectivity index (χ2n) is 7.00. The minimum Gasteiger partial charge on any atom is -0.490 e. The Morgan fingerprint density at radius 1 is 1.12 bits per heavy atom. The summed E-state index contributed by atoms with van der Waals surface area (Å²) in [6, 6.07) is 18.7. The fourth-order valence-corrected chi connectivity index (χ4v) is 4.62. The molecule has 0 saturated carbocycles. The highest BCUT2D eigenvalue weighted by Gasteiger charge is 2.25. The number of hydrogen-bond acceptors (Lipinski definition) is 5. The highest BCUT2D eigenvalue weighted by Crippen LogP contribution is 2.36. The Balaban J connectivity index is 1.62. The van der Waals surface area contributed by atoms with Crippen LogP contribution in [-0.4, -0.2) is 18.5 Å². The first-order valence-electron chi connectivity index (χ1n) is 10.1. The van der Waals surface area contributed by atoms with E-state index < -0.39 is 5.97 Å². The second kappa shape index (κ2) is 10.7. The Hall–Kier alpha value is -2.36. The molecule has 5 nitrogen and oxygen atoms in total. The lowest BCUT2D eigenvalue weighted by molar-refractivity contribution is -0.129. The van der Waals surface area contributed by atoms with Gasteiger partial charge in [-0.3, -0.25) is 0 Å². The van der Waals surface area contributed by atoms with E-state index >= 15 is 0 Å². The van der Waals surface area contributed by atoms with Crippen molar-refractivity contribution >= 4 is 68.1 Å². The van der Waals surface area contributed by atoms with Gasteiger partial charge in [0.25, 0.3) is 0 Å². The molecule has 0 spiro atoms. The molecular formula is C25H18BrClINO4. The van der Waals surface area contributed by atoms with Crippen molar-refractivity contribution in [3.63, 3.8) is 0 Å². The summed E-state index contributed by atoms with van der Waals surface area (Å²) >= 11 is 11.7. The first kappa shape index (κ1) is 23.8. The number of rotatable bonds is 7. The molecule has 0 aromatic heterocycles. The van der Waals surface area contributed by atoms with Gasteiger partial charge in [0.1, 0.15) is 6.61 Å². The number of carbonyl (C=O) groups excluding carboxylic acids is 1. The summed E-state index contributed by atoms with van der Waals surface area (Å²) in [6.45, 7) is 2.72. The fraction of sp³-hybridized carbons (Fsp3) is 0.120. The van der Waals surface area contributed by atoms with Gasteiger partial charge >= 0.3 is 5.97 Å². The molecular weight excluding hydrogens is 621 g/mol. The van der Waals surface area contributed by atoms with Gasteiger partial charge in [0.05, 0.1) is 15.7 Å². The van der Waals surface area contributed by atoms with Gasteiger partial charge in [0.2, 0.25) is 5.90 Å². The maximum atomic E-state index is 12.4. The van der Waals surface area contributed by atoms with Crippen molar-refractivity contribution in [2.75, 3.05) is 6.61 Å². The van der Waals surface area contributed by atoms with Gasteiger partial charge in [-0.25, -0.2) is 9.79 Å². The number of hydrogen-bond donors (Lipinski definition) is 0. The standard InChI is InChI=1S/C25H18BrClINO4/c1-2-31-22-13-16(11-20(28)23(22)32-14-15-6-5-7-17(27)10-15)12-21-25(30)33-24(29-21)18-8-3-4-9-19(18)26/h3-13H,2,14H2,1H3/b21-12-. The van der Waals surface area contributed by atoms with E-state index in [4.69, 9.17) is 25.8 Å². The van der Waals surface area contributed by atoms with Crippen LogP contribution in [0.2, 0.25) is 5.02 Å². The molecule has 33 heavy (non-hydrogen) atoms. The number of cyclic esters (lactones) is 1. The number of halogens is 3. The van der Waals surface area contributed by atoms with E-state index in [2.05, 4.69) is 43.5 Å². The molecule has 0 aliphatic carbocycles. The highest BCUT2D eigenvalue weighted by atomic mass is 127. The molecule has 4 rings (SSSR count). The lowest BCUT2D eigenvalue weighted by atomic mass is 10.1. The van der Waals surface area contributed by atoms with Gasteiger partial charge in [0, 0.05) is 9.50 Å². The van der Waals surface area contributed by atoms with E-state index in [1.54, 1.807) is 6.08 Å². The van der Waals surface area contributed by atoms with Crippen molar-refractivity contribution in [3.8, 4) is 11.5 Å². The molecule has 0 amide bonds. The summed E-state index contributed by atoms with van der Waals surface area (Å²) in [5.74, 6) is 0.973. The maximum absolute atomic E-state index is 12.4. The average Bonchev–Trinajstić information content (AvgIpc) is 3.13. The van der Waals surface area contributed by atoms with Gasteiger partial charge in [-0.1, -0.05) is 35.9 Å². The molecule has 3 aromatic rings. The Morgan fingerprint density at radius 2 is 1.94 bits per heavy atom. The first-order valence-corrected chi connectivity index (χ1v) is 12.3. The van der Waals surface area contributed by atoms with Crippen LogP contribution in [0.25, 0.3) is 6.08 Å². The molecule has 0 radical (unpaired) electrons. The minimum absolute atomic E-state index is 0.214. The van der Waals surface area contributed by atoms with Crippen LogP contribution in [0.15, 0.2) is 75.8 Å². The Morgan fingerprint density at radius 3 is 2.70 bits per heavy atom. The summed E-state index contributed by atoms with van der Waals surface area (Å²) < 4.78 is 18.9. The van der Waals surface area contributed by atoms with Crippen LogP contribution < -0.4 is 9.47 Å². The Kier molecular flexibility index (Phi) is 7.72. The van der Waals surface area contributed by atoms with Crippen LogP contribution in [0.5, 0.6) is 11.5 Å². The predicted molar refractivity (Wildman–Crippen MR) is 141 cm³/mol. The fourth-order valence-electron chi connectivity index (χ4n) is 3.17. The zero-order chi connectivity index (χ0) is 23.4. The summed E-state index contributed by atoms with van der Waals surface area (Å²) in [5.41, 5.74) is 2.63. The summed E-state index contributed by atoms with van der Waals surface area (Å²) in [5, 5.41) is 0.656. The SMILES string of the molecule is CCOc1cc(/C=C2\N=C(c3ccccc3Br)OC2=O)cc(I)c1OCc1cccc(Cl)c1. The molecule has 1 aliphatic rings. The molecule has 1 aliphatic heterocycles. The molecule has 1 heterocycles. The van der Waals surface area contributed by atoms with Crippen molar-refractivity contribution in [1.82, 2.24) is 0 Å². The molecule has 0 saturated heterocycles. The van der Waals surface area contributed by atoms with Crippen LogP contribution in [0.3, 0.4) is 0 Å². The second-order valence-corrected chi connectivity index (χ2v) is 9.45. The minimum atomic E-state index is -0.505. The van der Waals surface area contributed by atoms with E-state index in [1.165, 1.54) is 0 Å². The topological polar surface area (TPSA) is 57.1 Å². The third kappa shape index (κ3) is 5.77. The normalized spacial score (nSPS) is 14.2.